The van der Waals surface area contributed by atoms with Gasteiger partial charge in [-0.3, -0.25) is 14.9 Å². The highest BCUT2D eigenvalue weighted by Gasteiger charge is 2.17. The average Bonchev–Trinajstić information content (AvgIpc) is 2.81. The molecule has 0 unspecified atom stereocenters. The van der Waals surface area contributed by atoms with E-state index in [9.17, 15) is 14.9 Å². The first-order valence-corrected chi connectivity index (χ1v) is 11.0. The van der Waals surface area contributed by atoms with E-state index in [1.165, 1.54) is 12.1 Å². The number of nitro groups is 1. The normalized spacial score (nSPS) is 11.5. The van der Waals surface area contributed by atoms with Crippen LogP contribution in [-0.2, 0) is 0 Å². The summed E-state index contributed by atoms with van der Waals surface area (Å²) in [7, 11) is 0. The number of hydrogen-bond donors (Lipinski definition) is 1. The second-order valence-electron chi connectivity index (χ2n) is 7.26. The maximum atomic E-state index is 13.1. The van der Waals surface area contributed by atoms with Gasteiger partial charge in [0, 0.05) is 27.6 Å². The molecule has 0 bridgehead atoms. The fourth-order valence-corrected chi connectivity index (χ4v) is 4.03. The number of benzene rings is 3. The van der Waals surface area contributed by atoms with Crippen LogP contribution in [0.2, 0.25) is 15.1 Å². The summed E-state index contributed by atoms with van der Waals surface area (Å²) in [5.41, 5.74) is 5.15. The van der Waals surface area contributed by atoms with Gasteiger partial charge in [-0.1, -0.05) is 59.1 Å². The van der Waals surface area contributed by atoms with Gasteiger partial charge in [-0.2, -0.15) is 5.10 Å². The topological polar surface area (TPSA) is 97.5 Å². The second kappa shape index (κ2) is 9.77. The summed E-state index contributed by atoms with van der Waals surface area (Å²) in [6, 6.07) is 18.2. The molecule has 1 aromatic heterocycles. The number of halogens is 3. The number of amides is 1. The van der Waals surface area contributed by atoms with Crippen LogP contribution < -0.4 is 5.43 Å². The lowest BCUT2D eigenvalue weighted by atomic mass is 10.0. The number of hydrazone groups is 1. The van der Waals surface area contributed by atoms with Gasteiger partial charge in [0.25, 0.3) is 11.6 Å². The number of rotatable bonds is 5. The predicted molar refractivity (Wildman–Crippen MR) is 135 cm³/mol. The van der Waals surface area contributed by atoms with Crippen LogP contribution in [0.1, 0.15) is 22.8 Å². The SMILES string of the molecule is CC(=NNC(=O)c1cc(-c2ccc(Cl)cc2Cl)nc2ccccc12)c1ccc(Cl)c([N+](=O)[O-])c1. The molecule has 3 aromatic carbocycles. The Bertz CT molecular complexity index is 1490. The van der Waals surface area contributed by atoms with Crippen molar-refractivity contribution in [2.24, 2.45) is 5.10 Å². The first kappa shape index (κ1) is 23.6. The number of fused-ring (bicyclic) bond motifs is 1. The third kappa shape index (κ3) is 4.87. The Morgan fingerprint density at radius 3 is 2.50 bits per heavy atom. The largest absolute Gasteiger partial charge is 0.288 e. The molecule has 34 heavy (non-hydrogen) atoms. The van der Waals surface area contributed by atoms with Gasteiger partial charge in [-0.05, 0) is 43.3 Å². The van der Waals surface area contributed by atoms with E-state index in [2.05, 4.69) is 15.5 Å². The Hall–Kier alpha value is -3.52. The van der Waals surface area contributed by atoms with Gasteiger partial charge >= 0.3 is 0 Å². The summed E-state index contributed by atoms with van der Waals surface area (Å²) >= 11 is 18.2. The number of nitrogens with zero attached hydrogens (tertiary/aromatic N) is 3. The molecule has 0 spiro atoms. The van der Waals surface area contributed by atoms with Crippen molar-refractivity contribution >= 4 is 63.0 Å². The molecule has 0 fully saturated rings. The smallest absolute Gasteiger partial charge is 0.267 e. The molecule has 170 valence electrons. The van der Waals surface area contributed by atoms with Gasteiger partial charge < -0.3 is 0 Å². The third-order valence-electron chi connectivity index (χ3n) is 5.05. The Morgan fingerprint density at radius 1 is 1.00 bits per heavy atom. The molecular weight excluding hydrogens is 499 g/mol. The molecule has 0 saturated heterocycles. The molecule has 10 heteroatoms. The third-order valence-corrected chi connectivity index (χ3v) is 5.92. The van der Waals surface area contributed by atoms with Gasteiger partial charge in [0.2, 0.25) is 0 Å². The summed E-state index contributed by atoms with van der Waals surface area (Å²) < 4.78 is 0. The molecule has 1 N–H and O–H groups in total. The summed E-state index contributed by atoms with van der Waals surface area (Å²) in [6.07, 6.45) is 0. The summed E-state index contributed by atoms with van der Waals surface area (Å²) in [5, 5.41) is 16.8. The van der Waals surface area contributed by atoms with E-state index in [1.807, 2.05) is 6.07 Å². The van der Waals surface area contributed by atoms with Crippen LogP contribution in [0.25, 0.3) is 22.2 Å². The van der Waals surface area contributed by atoms with Crippen LogP contribution in [0, 0.1) is 10.1 Å². The van der Waals surface area contributed by atoms with E-state index in [1.54, 1.807) is 55.5 Å². The molecular formula is C24H15Cl3N4O3. The number of nitrogens with one attached hydrogen (secondary N) is 1. The molecule has 0 saturated carbocycles. The van der Waals surface area contributed by atoms with Crippen molar-refractivity contribution < 1.29 is 9.72 Å². The van der Waals surface area contributed by atoms with Crippen molar-refractivity contribution in [3.05, 3.63) is 103 Å². The Kier molecular flexibility index (Phi) is 6.79. The van der Waals surface area contributed by atoms with Gasteiger partial charge in [0.15, 0.2) is 0 Å². The van der Waals surface area contributed by atoms with Gasteiger partial charge in [0.1, 0.15) is 5.02 Å². The molecule has 0 aliphatic rings. The molecule has 0 aliphatic carbocycles. The maximum Gasteiger partial charge on any atom is 0.288 e. The molecule has 0 radical (unpaired) electrons. The van der Waals surface area contributed by atoms with E-state index < -0.39 is 10.8 Å². The van der Waals surface area contributed by atoms with E-state index in [0.717, 1.165) is 0 Å². The monoisotopic (exact) mass is 512 g/mol. The van der Waals surface area contributed by atoms with E-state index in [-0.39, 0.29) is 10.7 Å². The lowest BCUT2D eigenvalue weighted by molar-refractivity contribution is -0.384. The Labute approximate surface area is 209 Å². The lowest BCUT2D eigenvalue weighted by Gasteiger charge is -2.11. The molecule has 1 amide bonds. The quantitative estimate of drug-likeness (QED) is 0.178. The zero-order valence-corrected chi connectivity index (χ0v) is 19.8. The molecule has 1 heterocycles. The van der Waals surface area contributed by atoms with E-state index >= 15 is 0 Å². The first-order chi connectivity index (χ1) is 16.2. The van der Waals surface area contributed by atoms with Crippen molar-refractivity contribution in [3.63, 3.8) is 0 Å². The Morgan fingerprint density at radius 2 is 1.76 bits per heavy atom. The van der Waals surface area contributed by atoms with Crippen molar-refractivity contribution in [3.8, 4) is 11.3 Å². The summed E-state index contributed by atoms with van der Waals surface area (Å²) in [6.45, 7) is 1.62. The van der Waals surface area contributed by atoms with Crippen molar-refractivity contribution in [1.29, 1.82) is 0 Å². The summed E-state index contributed by atoms with van der Waals surface area (Å²) in [5.74, 6) is -0.479. The standard InChI is InChI=1S/C24H15Cl3N4O3/c1-13(14-6-9-19(26)23(10-14)31(33)34)29-30-24(32)18-12-22(17-8-7-15(25)11-20(17)27)28-21-5-3-2-4-16(18)21/h2-12H,1H3,(H,30,32). The van der Waals surface area contributed by atoms with Crippen LogP contribution in [0.4, 0.5) is 5.69 Å². The van der Waals surface area contributed by atoms with Crippen LogP contribution in [0.15, 0.2) is 71.8 Å². The molecule has 0 atom stereocenters. The first-order valence-electron chi connectivity index (χ1n) is 9.89. The highest BCUT2D eigenvalue weighted by molar-refractivity contribution is 6.36. The molecule has 0 aliphatic heterocycles. The fourth-order valence-electron chi connectivity index (χ4n) is 3.34. The minimum absolute atomic E-state index is 0.0160. The minimum Gasteiger partial charge on any atom is -0.267 e. The number of carbonyl (C=O) groups is 1. The zero-order chi connectivity index (χ0) is 24.4. The lowest BCUT2D eigenvalue weighted by Crippen LogP contribution is -2.20. The Balaban J connectivity index is 1.71. The number of aromatic nitrogens is 1. The number of carbonyl (C=O) groups excluding carboxylic acids is 1. The highest BCUT2D eigenvalue weighted by Crippen LogP contribution is 2.32. The maximum absolute atomic E-state index is 13.1. The number of nitro benzene ring substituents is 1. The minimum atomic E-state index is -0.579. The highest BCUT2D eigenvalue weighted by atomic mass is 35.5. The van der Waals surface area contributed by atoms with Gasteiger partial charge in [0.05, 0.1) is 32.4 Å². The number of pyridine rings is 1. The van der Waals surface area contributed by atoms with Crippen molar-refractivity contribution in [2.45, 2.75) is 6.92 Å². The number of hydrogen-bond acceptors (Lipinski definition) is 5. The van der Waals surface area contributed by atoms with Crippen LogP contribution in [0.5, 0.6) is 0 Å². The van der Waals surface area contributed by atoms with Crippen molar-refractivity contribution in [2.75, 3.05) is 0 Å². The fraction of sp³-hybridized carbons (Fsp3) is 0.0417. The molecule has 7 nitrogen and oxygen atoms in total. The van der Waals surface area contributed by atoms with Crippen LogP contribution >= 0.6 is 34.8 Å². The van der Waals surface area contributed by atoms with Gasteiger partial charge in [-0.15, -0.1) is 0 Å². The van der Waals surface area contributed by atoms with Crippen LogP contribution in [0.3, 0.4) is 0 Å². The van der Waals surface area contributed by atoms with Gasteiger partial charge in [-0.25, -0.2) is 10.4 Å². The van der Waals surface area contributed by atoms with E-state index in [0.29, 0.717) is 49.0 Å². The van der Waals surface area contributed by atoms with E-state index in [4.69, 9.17) is 34.8 Å². The molecule has 4 aromatic rings. The van der Waals surface area contributed by atoms with Crippen LogP contribution in [-0.4, -0.2) is 21.5 Å². The zero-order valence-electron chi connectivity index (χ0n) is 17.6. The summed E-state index contributed by atoms with van der Waals surface area (Å²) in [4.78, 5) is 28.3. The second-order valence-corrected chi connectivity index (χ2v) is 8.51. The molecule has 4 rings (SSSR count). The predicted octanol–water partition coefficient (Wildman–Crippen LogP) is 6.92. The number of para-hydroxylation sites is 1. The average molecular weight is 514 g/mol. The van der Waals surface area contributed by atoms with Crippen molar-refractivity contribution in [1.82, 2.24) is 10.4 Å².